The Kier molecular flexibility index (Phi) is 4.78. The molecule has 5 rings (SSSR count). The Hall–Kier alpha value is -2.61. The average Bonchev–Trinajstić information content (AvgIpc) is 3.46. The molecule has 0 amide bonds. The Morgan fingerprint density at radius 3 is 2.59 bits per heavy atom. The lowest BCUT2D eigenvalue weighted by Crippen LogP contribution is -2.47. The Morgan fingerprint density at radius 2 is 1.97 bits per heavy atom. The lowest BCUT2D eigenvalue weighted by molar-refractivity contribution is 0.0936. The van der Waals surface area contributed by atoms with Gasteiger partial charge < -0.3 is 0 Å². The highest BCUT2D eigenvalue weighted by Gasteiger charge is 2.45. The van der Waals surface area contributed by atoms with Gasteiger partial charge in [-0.3, -0.25) is 14.5 Å². The number of halogens is 1. The maximum Gasteiger partial charge on any atom is 0.165 e. The summed E-state index contributed by atoms with van der Waals surface area (Å²) in [6.07, 6.45) is 3.90. The maximum absolute atomic E-state index is 14.8. The standard InChI is InChI=1S/C24H26FN3O3S/c1-14(2)28-20-9-17(21(29)10-24(3)12-32(30,31)13-24)11-26-23(20)22(27-28)18-8-16(15-4-5-15)6-7-19(18)25/h6-9,11,14-15H,4-5,10,12-13H2,1-3H3. The number of ketones is 1. The molecule has 0 unspecified atom stereocenters. The number of fused-ring (bicyclic) bond motifs is 1. The second-order valence-electron chi connectivity index (χ2n) is 9.94. The van der Waals surface area contributed by atoms with Crippen LogP contribution in [0.3, 0.4) is 0 Å². The molecule has 0 N–H and O–H groups in total. The smallest absolute Gasteiger partial charge is 0.165 e. The van der Waals surface area contributed by atoms with E-state index in [4.69, 9.17) is 0 Å². The zero-order chi connectivity index (χ0) is 22.8. The van der Waals surface area contributed by atoms with Crippen molar-refractivity contribution >= 4 is 26.7 Å². The van der Waals surface area contributed by atoms with Gasteiger partial charge in [-0.15, -0.1) is 0 Å². The summed E-state index contributed by atoms with van der Waals surface area (Å²) in [6.45, 7) is 5.77. The first-order chi connectivity index (χ1) is 15.1. The number of carbonyl (C=O) groups excluding carboxylic acids is 1. The summed E-state index contributed by atoms with van der Waals surface area (Å²) in [6, 6.07) is 6.94. The van der Waals surface area contributed by atoms with E-state index in [0.717, 1.165) is 18.4 Å². The van der Waals surface area contributed by atoms with Crippen molar-refractivity contribution in [3.8, 4) is 11.3 Å². The number of pyridine rings is 1. The normalized spacial score (nSPS) is 19.3. The zero-order valence-corrected chi connectivity index (χ0v) is 19.2. The van der Waals surface area contributed by atoms with Crippen molar-refractivity contribution in [2.24, 2.45) is 5.41 Å². The van der Waals surface area contributed by atoms with Gasteiger partial charge in [-0.05, 0) is 56.4 Å². The van der Waals surface area contributed by atoms with Gasteiger partial charge in [0.1, 0.15) is 17.0 Å². The maximum atomic E-state index is 14.8. The fraction of sp³-hybridized carbons (Fsp3) is 0.458. The molecular weight excluding hydrogens is 429 g/mol. The molecule has 1 aliphatic carbocycles. The molecule has 3 heterocycles. The number of nitrogens with zero attached hydrogens (tertiary/aromatic N) is 3. The van der Waals surface area contributed by atoms with Gasteiger partial charge >= 0.3 is 0 Å². The predicted octanol–water partition coefficient (Wildman–Crippen LogP) is 4.70. The number of rotatable bonds is 6. The van der Waals surface area contributed by atoms with Crippen LogP contribution in [0.1, 0.15) is 67.9 Å². The molecule has 6 nitrogen and oxygen atoms in total. The molecule has 8 heteroatoms. The van der Waals surface area contributed by atoms with Crippen molar-refractivity contribution in [2.45, 2.75) is 52.0 Å². The minimum absolute atomic E-state index is 0.0117. The first kappa shape index (κ1) is 21.2. The number of sulfone groups is 1. The number of carbonyl (C=O) groups is 1. The molecule has 1 aliphatic heterocycles. The third kappa shape index (κ3) is 3.74. The average molecular weight is 456 g/mol. The molecule has 0 spiro atoms. The summed E-state index contributed by atoms with van der Waals surface area (Å²) in [4.78, 5) is 17.4. The van der Waals surface area contributed by atoms with Crippen molar-refractivity contribution in [1.29, 1.82) is 0 Å². The topological polar surface area (TPSA) is 81.9 Å². The Balaban J connectivity index is 1.55. The van der Waals surface area contributed by atoms with E-state index >= 15 is 0 Å². The highest BCUT2D eigenvalue weighted by atomic mass is 32.2. The number of Topliss-reactive ketones (excluding diaryl/α,β-unsaturated/α-hetero) is 1. The summed E-state index contributed by atoms with van der Waals surface area (Å²) >= 11 is 0. The molecule has 3 aromatic rings. The van der Waals surface area contributed by atoms with Crippen molar-refractivity contribution in [3.63, 3.8) is 0 Å². The van der Waals surface area contributed by atoms with Crippen molar-refractivity contribution in [1.82, 2.24) is 14.8 Å². The van der Waals surface area contributed by atoms with E-state index in [1.54, 1.807) is 10.7 Å². The molecule has 0 bridgehead atoms. The Labute approximate surface area is 186 Å². The van der Waals surface area contributed by atoms with E-state index in [2.05, 4.69) is 10.1 Å². The Bertz CT molecular complexity index is 1340. The van der Waals surface area contributed by atoms with E-state index in [-0.39, 0.29) is 35.6 Å². The van der Waals surface area contributed by atoms with Crippen LogP contribution in [-0.2, 0) is 9.84 Å². The largest absolute Gasteiger partial charge is 0.294 e. The number of aromatic nitrogens is 3. The number of hydrogen-bond donors (Lipinski definition) is 0. The molecule has 0 atom stereocenters. The van der Waals surface area contributed by atoms with Gasteiger partial charge in [-0.1, -0.05) is 13.0 Å². The molecule has 2 aromatic heterocycles. The minimum atomic E-state index is -3.02. The van der Waals surface area contributed by atoms with Crippen molar-refractivity contribution in [2.75, 3.05) is 11.5 Å². The SMILES string of the molecule is CC(C)n1nc(-c2cc(C3CC3)ccc2F)c2ncc(C(=O)CC3(C)CS(=O)(=O)C3)cc21. The zero-order valence-electron chi connectivity index (χ0n) is 18.4. The van der Waals surface area contributed by atoms with Crippen molar-refractivity contribution < 1.29 is 17.6 Å². The first-order valence-electron chi connectivity index (χ1n) is 11.0. The third-order valence-corrected chi connectivity index (χ3v) is 8.65. The van der Waals surface area contributed by atoms with E-state index in [0.29, 0.717) is 33.8 Å². The van der Waals surface area contributed by atoms with Gasteiger partial charge in [-0.2, -0.15) is 5.10 Å². The monoisotopic (exact) mass is 455 g/mol. The molecule has 0 radical (unpaired) electrons. The third-order valence-electron chi connectivity index (χ3n) is 6.38. The summed E-state index contributed by atoms with van der Waals surface area (Å²) in [5.74, 6) is 0.0716. The van der Waals surface area contributed by atoms with Gasteiger partial charge in [0.2, 0.25) is 0 Å². The highest BCUT2D eigenvalue weighted by Crippen LogP contribution is 2.42. The van der Waals surface area contributed by atoms with E-state index < -0.39 is 15.3 Å². The minimum Gasteiger partial charge on any atom is -0.294 e. The predicted molar refractivity (Wildman–Crippen MR) is 121 cm³/mol. The summed E-state index contributed by atoms with van der Waals surface area (Å²) < 4.78 is 39.7. The second kappa shape index (κ2) is 7.20. The quantitative estimate of drug-likeness (QED) is 0.503. The van der Waals surface area contributed by atoms with Crippen LogP contribution in [0, 0.1) is 11.2 Å². The molecular formula is C24H26FN3O3S. The van der Waals surface area contributed by atoms with Gasteiger partial charge in [0, 0.05) is 35.2 Å². The molecule has 32 heavy (non-hydrogen) atoms. The molecule has 2 aliphatic rings. The molecule has 168 valence electrons. The van der Waals surface area contributed by atoms with Crippen LogP contribution in [0.2, 0.25) is 0 Å². The van der Waals surface area contributed by atoms with Gasteiger partial charge in [-0.25, -0.2) is 12.8 Å². The second-order valence-corrected chi connectivity index (χ2v) is 12.0. The van der Waals surface area contributed by atoms with Crippen molar-refractivity contribution in [3.05, 3.63) is 47.4 Å². The summed E-state index contributed by atoms with van der Waals surface area (Å²) in [5, 5.41) is 4.69. The molecule has 1 saturated heterocycles. The lowest BCUT2D eigenvalue weighted by Gasteiger charge is -2.37. The van der Waals surface area contributed by atoms with Crippen LogP contribution in [-0.4, -0.2) is 40.5 Å². The first-order valence-corrected chi connectivity index (χ1v) is 12.8. The van der Waals surface area contributed by atoms with Gasteiger partial charge in [0.25, 0.3) is 0 Å². The summed E-state index contributed by atoms with van der Waals surface area (Å²) in [7, 11) is -3.02. The van der Waals surface area contributed by atoms with Gasteiger partial charge in [0.15, 0.2) is 15.6 Å². The fourth-order valence-electron chi connectivity index (χ4n) is 4.75. The van der Waals surface area contributed by atoms with E-state index in [1.807, 2.05) is 32.9 Å². The highest BCUT2D eigenvalue weighted by molar-refractivity contribution is 7.92. The number of hydrogen-bond acceptors (Lipinski definition) is 5. The van der Waals surface area contributed by atoms with Crippen LogP contribution in [0.5, 0.6) is 0 Å². The molecule has 1 saturated carbocycles. The fourth-order valence-corrected chi connectivity index (χ4v) is 7.00. The summed E-state index contributed by atoms with van der Waals surface area (Å²) in [5.41, 5.74) is 3.14. The Morgan fingerprint density at radius 1 is 1.25 bits per heavy atom. The van der Waals surface area contributed by atoms with Crippen LogP contribution < -0.4 is 0 Å². The van der Waals surface area contributed by atoms with Crippen LogP contribution in [0.15, 0.2) is 30.5 Å². The molecule has 2 fully saturated rings. The van der Waals surface area contributed by atoms with E-state index in [9.17, 15) is 17.6 Å². The van der Waals surface area contributed by atoms with Crippen LogP contribution in [0.25, 0.3) is 22.3 Å². The molecule has 1 aromatic carbocycles. The van der Waals surface area contributed by atoms with Crippen LogP contribution in [0.4, 0.5) is 4.39 Å². The van der Waals surface area contributed by atoms with E-state index in [1.165, 1.54) is 12.3 Å². The lowest BCUT2D eigenvalue weighted by atomic mass is 9.86. The van der Waals surface area contributed by atoms with Crippen LogP contribution >= 0.6 is 0 Å². The van der Waals surface area contributed by atoms with Gasteiger partial charge in [0.05, 0.1) is 17.0 Å². The number of benzene rings is 1.